The van der Waals surface area contributed by atoms with E-state index >= 15 is 0 Å². The fourth-order valence-corrected chi connectivity index (χ4v) is 3.56. The van der Waals surface area contributed by atoms with Crippen LogP contribution in [0.3, 0.4) is 0 Å². The zero-order valence-electron chi connectivity index (χ0n) is 16.2. The third-order valence-corrected chi connectivity index (χ3v) is 5.30. The van der Waals surface area contributed by atoms with E-state index in [2.05, 4.69) is 10.6 Å². The molecule has 2 aromatic rings. The van der Waals surface area contributed by atoms with Gasteiger partial charge >= 0.3 is 6.03 Å². The number of hydrogen-bond acceptors (Lipinski definition) is 3. The molecular formula is C21H22Cl2N4O3. The Labute approximate surface area is 184 Å². The fraction of sp³-hybridized carbons (Fsp3) is 0.286. The average molecular weight is 449 g/mol. The second-order valence-corrected chi connectivity index (χ2v) is 7.67. The van der Waals surface area contributed by atoms with Gasteiger partial charge in [-0.1, -0.05) is 41.4 Å². The molecule has 0 saturated carbocycles. The SMILES string of the molecule is O=C(NCC(=O)N1CCCN(C(=O)Nc2cccc(Cl)c2)CC1)c1ccccc1Cl. The number of amides is 4. The van der Waals surface area contributed by atoms with Crippen LogP contribution in [0.4, 0.5) is 10.5 Å². The number of rotatable bonds is 4. The monoisotopic (exact) mass is 448 g/mol. The average Bonchev–Trinajstić information content (AvgIpc) is 2.98. The van der Waals surface area contributed by atoms with Crippen molar-refractivity contribution in [3.8, 4) is 0 Å². The van der Waals surface area contributed by atoms with Crippen LogP contribution in [0.5, 0.6) is 0 Å². The van der Waals surface area contributed by atoms with Crippen LogP contribution in [-0.4, -0.2) is 60.4 Å². The molecule has 1 aliphatic heterocycles. The van der Waals surface area contributed by atoms with Crippen LogP contribution in [-0.2, 0) is 4.79 Å². The minimum absolute atomic E-state index is 0.126. The highest BCUT2D eigenvalue weighted by atomic mass is 35.5. The first kappa shape index (κ1) is 21.9. The van der Waals surface area contributed by atoms with Gasteiger partial charge in [-0.3, -0.25) is 9.59 Å². The quantitative estimate of drug-likeness (QED) is 0.750. The van der Waals surface area contributed by atoms with Crippen molar-refractivity contribution in [2.24, 2.45) is 0 Å². The molecule has 3 rings (SSSR count). The maximum Gasteiger partial charge on any atom is 0.321 e. The van der Waals surface area contributed by atoms with E-state index in [4.69, 9.17) is 23.2 Å². The summed E-state index contributed by atoms with van der Waals surface area (Å²) in [6.07, 6.45) is 0.646. The molecule has 4 amide bonds. The van der Waals surface area contributed by atoms with Crippen LogP contribution < -0.4 is 10.6 Å². The zero-order chi connectivity index (χ0) is 21.5. The smallest absolute Gasteiger partial charge is 0.321 e. The number of hydrogen-bond donors (Lipinski definition) is 2. The molecule has 1 saturated heterocycles. The van der Waals surface area contributed by atoms with Crippen molar-refractivity contribution < 1.29 is 14.4 Å². The van der Waals surface area contributed by atoms with Crippen molar-refractivity contribution in [3.63, 3.8) is 0 Å². The lowest BCUT2D eigenvalue weighted by atomic mass is 10.2. The molecule has 7 nitrogen and oxygen atoms in total. The molecule has 0 aromatic heterocycles. The largest absolute Gasteiger partial charge is 0.343 e. The summed E-state index contributed by atoms with van der Waals surface area (Å²) >= 11 is 12.0. The van der Waals surface area contributed by atoms with Crippen LogP contribution in [0.1, 0.15) is 16.8 Å². The Morgan fingerprint density at radius 2 is 1.63 bits per heavy atom. The van der Waals surface area contributed by atoms with Gasteiger partial charge in [0.25, 0.3) is 5.91 Å². The standard InChI is InChI=1S/C21H22Cl2N4O3/c22-15-5-3-6-16(13-15)25-21(30)27-10-4-9-26(11-12-27)19(28)14-24-20(29)17-7-1-2-8-18(17)23/h1-3,5-8,13H,4,9-12,14H2,(H,24,29)(H,25,30). The van der Waals surface area contributed by atoms with Crippen LogP contribution in [0.25, 0.3) is 0 Å². The van der Waals surface area contributed by atoms with Crippen LogP contribution in [0.15, 0.2) is 48.5 Å². The van der Waals surface area contributed by atoms with E-state index < -0.39 is 5.91 Å². The molecule has 0 bridgehead atoms. The Balaban J connectivity index is 1.49. The summed E-state index contributed by atoms with van der Waals surface area (Å²) < 4.78 is 0. The number of carbonyl (C=O) groups is 3. The predicted octanol–water partition coefficient (Wildman–Crippen LogP) is 3.49. The Morgan fingerprint density at radius 3 is 2.40 bits per heavy atom. The number of anilines is 1. The number of carbonyl (C=O) groups excluding carboxylic acids is 3. The topological polar surface area (TPSA) is 81.8 Å². The molecule has 0 aliphatic carbocycles. The normalized spacial score (nSPS) is 14.1. The van der Waals surface area contributed by atoms with E-state index in [9.17, 15) is 14.4 Å². The molecular weight excluding hydrogens is 427 g/mol. The fourth-order valence-electron chi connectivity index (χ4n) is 3.15. The van der Waals surface area contributed by atoms with Crippen LogP contribution in [0.2, 0.25) is 10.0 Å². The second-order valence-electron chi connectivity index (χ2n) is 6.82. The third-order valence-electron chi connectivity index (χ3n) is 4.73. The molecule has 0 atom stereocenters. The lowest BCUT2D eigenvalue weighted by molar-refractivity contribution is -0.129. The molecule has 9 heteroatoms. The van der Waals surface area contributed by atoms with Crippen molar-refractivity contribution in [2.75, 3.05) is 38.0 Å². The van der Waals surface area contributed by atoms with Gasteiger partial charge in [-0.15, -0.1) is 0 Å². The molecule has 0 unspecified atom stereocenters. The number of halogens is 2. The minimum atomic E-state index is -0.397. The highest BCUT2D eigenvalue weighted by Crippen LogP contribution is 2.16. The molecule has 1 fully saturated rings. The Bertz CT molecular complexity index is 938. The van der Waals surface area contributed by atoms with Crippen LogP contribution >= 0.6 is 23.2 Å². The van der Waals surface area contributed by atoms with Gasteiger partial charge in [-0.05, 0) is 36.8 Å². The van der Waals surface area contributed by atoms with Crippen molar-refractivity contribution in [2.45, 2.75) is 6.42 Å². The summed E-state index contributed by atoms with van der Waals surface area (Å²) in [6.45, 7) is 1.71. The molecule has 2 N–H and O–H groups in total. The summed E-state index contributed by atoms with van der Waals surface area (Å²) in [5.74, 6) is -0.598. The first-order valence-electron chi connectivity index (χ1n) is 9.56. The van der Waals surface area contributed by atoms with Gasteiger partial charge in [0.15, 0.2) is 0 Å². The summed E-state index contributed by atoms with van der Waals surface area (Å²) in [5.41, 5.74) is 0.943. The van der Waals surface area contributed by atoms with E-state index in [1.54, 1.807) is 58.3 Å². The maximum atomic E-state index is 12.5. The van der Waals surface area contributed by atoms with E-state index in [0.717, 1.165) is 0 Å². The summed E-state index contributed by atoms with van der Waals surface area (Å²) in [7, 11) is 0. The molecule has 158 valence electrons. The second kappa shape index (κ2) is 10.3. The molecule has 2 aromatic carbocycles. The van der Waals surface area contributed by atoms with Crippen molar-refractivity contribution in [1.29, 1.82) is 0 Å². The molecule has 30 heavy (non-hydrogen) atoms. The highest BCUT2D eigenvalue weighted by Gasteiger charge is 2.22. The minimum Gasteiger partial charge on any atom is -0.343 e. The highest BCUT2D eigenvalue weighted by molar-refractivity contribution is 6.33. The Hall–Kier alpha value is -2.77. The molecule has 1 aliphatic rings. The van der Waals surface area contributed by atoms with Gasteiger partial charge in [-0.2, -0.15) is 0 Å². The van der Waals surface area contributed by atoms with Crippen molar-refractivity contribution >= 4 is 46.7 Å². The predicted molar refractivity (Wildman–Crippen MR) is 117 cm³/mol. The molecule has 0 radical (unpaired) electrons. The number of urea groups is 1. The first-order chi connectivity index (χ1) is 14.4. The summed E-state index contributed by atoms with van der Waals surface area (Å²) in [4.78, 5) is 40.6. The van der Waals surface area contributed by atoms with Gasteiger partial charge in [0.2, 0.25) is 5.91 Å². The zero-order valence-corrected chi connectivity index (χ0v) is 17.7. The van der Waals surface area contributed by atoms with E-state index in [-0.39, 0.29) is 18.5 Å². The Morgan fingerprint density at radius 1 is 0.900 bits per heavy atom. The lowest BCUT2D eigenvalue weighted by Gasteiger charge is -2.22. The van der Waals surface area contributed by atoms with Crippen molar-refractivity contribution in [3.05, 3.63) is 64.1 Å². The van der Waals surface area contributed by atoms with Gasteiger partial charge < -0.3 is 20.4 Å². The number of benzene rings is 2. The molecule has 1 heterocycles. The van der Waals surface area contributed by atoms with Gasteiger partial charge in [0.05, 0.1) is 17.1 Å². The maximum absolute atomic E-state index is 12.5. The lowest BCUT2D eigenvalue weighted by Crippen LogP contribution is -2.43. The Kier molecular flexibility index (Phi) is 7.54. The van der Waals surface area contributed by atoms with Gasteiger partial charge in [0.1, 0.15) is 0 Å². The first-order valence-corrected chi connectivity index (χ1v) is 10.3. The van der Waals surface area contributed by atoms with Crippen LogP contribution in [0, 0.1) is 0 Å². The number of nitrogens with one attached hydrogen (secondary N) is 2. The van der Waals surface area contributed by atoms with E-state index in [0.29, 0.717) is 53.9 Å². The van der Waals surface area contributed by atoms with E-state index in [1.165, 1.54) is 0 Å². The summed E-state index contributed by atoms with van der Waals surface area (Å²) in [6, 6.07) is 13.4. The molecule has 0 spiro atoms. The van der Waals surface area contributed by atoms with Gasteiger partial charge in [-0.25, -0.2) is 4.79 Å². The van der Waals surface area contributed by atoms with Crippen molar-refractivity contribution in [1.82, 2.24) is 15.1 Å². The van der Waals surface area contributed by atoms with E-state index in [1.807, 2.05) is 0 Å². The van der Waals surface area contributed by atoms with Gasteiger partial charge in [0, 0.05) is 36.9 Å². The number of nitrogens with zero attached hydrogens (tertiary/aromatic N) is 2. The summed E-state index contributed by atoms with van der Waals surface area (Å²) in [5, 5.41) is 6.30. The third kappa shape index (κ3) is 5.87.